The van der Waals surface area contributed by atoms with Gasteiger partial charge in [-0.25, -0.2) is 0 Å². The second-order valence-corrected chi connectivity index (χ2v) is 7.50. The summed E-state index contributed by atoms with van der Waals surface area (Å²) >= 11 is 3.92. The van der Waals surface area contributed by atoms with Crippen molar-refractivity contribution in [3.05, 3.63) is 0 Å². The molecule has 16 heavy (non-hydrogen) atoms. The number of nitrogens with zero attached hydrogens (tertiary/aromatic N) is 1. The van der Waals surface area contributed by atoms with Gasteiger partial charge in [-0.2, -0.15) is 23.5 Å². The highest BCUT2D eigenvalue weighted by Crippen LogP contribution is 2.16. The highest BCUT2D eigenvalue weighted by molar-refractivity contribution is 7.98. The Morgan fingerprint density at radius 2 is 1.31 bits per heavy atom. The van der Waals surface area contributed by atoms with Crippen molar-refractivity contribution < 1.29 is 0 Å². The predicted octanol–water partition coefficient (Wildman–Crippen LogP) is 3.84. The van der Waals surface area contributed by atoms with Crippen LogP contribution < -0.4 is 0 Å². The average molecular weight is 264 g/mol. The maximum absolute atomic E-state index is 2.65. The van der Waals surface area contributed by atoms with Gasteiger partial charge in [-0.3, -0.25) is 0 Å². The van der Waals surface area contributed by atoms with E-state index in [0.29, 0.717) is 5.41 Å². The van der Waals surface area contributed by atoms with Crippen molar-refractivity contribution in [2.45, 2.75) is 33.6 Å². The lowest BCUT2D eigenvalue weighted by molar-refractivity contribution is 0.192. The Morgan fingerprint density at radius 1 is 0.875 bits per heavy atom. The predicted molar refractivity (Wildman–Crippen MR) is 81.9 cm³/mol. The highest BCUT2D eigenvalue weighted by atomic mass is 32.2. The third-order valence-electron chi connectivity index (χ3n) is 2.34. The van der Waals surface area contributed by atoms with E-state index in [1.807, 2.05) is 23.5 Å². The second kappa shape index (κ2) is 9.67. The van der Waals surface area contributed by atoms with Gasteiger partial charge in [-0.15, -0.1) is 0 Å². The molecule has 0 saturated heterocycles. The van der Waals surface area contributed by atoms with Crippen LogP contribution in [0.5, 0.6) is 0 Å². The molecule has 0 atom stereocenters. The van der Waals surface area contributed by atoms with E-state index in [-0.39, 0.29) is 0 Å². The van der Waals surface area contributed by atoms with E-state index in [4.69, 9.17) is 0 Å². The second-order valence-electron chi connectivity index (χ2n) is 5.53. The molecule has 3 heteroatoms. The Morgan fingerprint density at radius 3 is 1.62 bits per heavy atom. The third kappa shape index (κ3) is 11.2. The van der Waals surface area contributed by atoms with Crippen molar-refractivity contribution in [3.8, 4) is 0 Å². The molecule has 98 valence electrons. The molecule has 0 saturated carbocycles. The first-order valence-electron chi connectivity index (χ1n) is 6.20. The number of thioether (sulfide) groups is 2. The SMILES string of the molecule is CSCCCN(CCCSC)CC(C)(C)C. The zero-order valence-electron chi connectivity index (χ0n) is 11.7. The van der Waals surface area contributed by atoms with Crippen LogP contribution in [0.25, 0.3) is 0 Å². The van der Waals surface area contributed by atoms with E-state index in [1.54, 1.807) is 0 Å². The molecule has 0 amide bonds. The summed E-state index contributed by atoms with van der Waals surface area (Å²) in [4.78, 5) is 2.65. The molecular formula is C13H29NS2. The van der Waals surface area contributed by atoms with Crippen molar-refractivity contribution in [1.82, 2.24) is 4.90 Å². The van der Waals surface area contributed by atoms with Gasteiger partial charge in [0.05, 0.1) is 0 Å². The molecule has 0 aliphatic heterocycles. The standard InChI is InChI=1S/C13H29NS2/c1-13(2,3)12-14(8-6-10-15-4)9-7-11-16-5/h6-12H2,1-5H3. The molecule has 0 aromatic heterocycles. The Hall–Kier alpha value is 0.660. The maximum atomic E-state index is 2.65. The van der Waals surface area contributed by atoms with Gasteiger partial charge in [0.25, 0.3) is 0 Å². The Balaban J connectivity index is 3.85. The summed E-state index contributed by atoms with van der Waals surface area (Å²) < 4.78 is 0. The Kier molecular flexibility index (Phi) is 10.1. The lowest BCUT2D eigenvalue weighted by atomic mass is 9.96. The van der Waals surface area contributed by atoms with Gasteiger partial charge >= 0.3 is 0 Å². The summed E-state index contributed by atoms with van der Waals surface area (Å²) in [5.74, 6) is 2.59. The molecule has 0 aliphatic rings. The first kappa shape index (κ1) is 16.7. The topological polar surface area (TPSA) is 3.24 Å². The third-order valence-corrected chi connectivity index (χ3v) is 3.74. The molecule has 0 radical (unpaired) electrons. The van der Waals surface area contributed by atoms with Crippen LogP contribution >= 0.6 is 23.5 Å². The molecule has 0 spiro atoms. The zero-order valence-corrected chi connectivity index (χ0v) is 13.3. The average Bonchev–Trinajstić information content (AvgIpc) is 2.16. The molecule has 0 bridgehead atoms. The van der Waals surface area contributed by atoms with Crippen molar-refractivity contribution >= 4 is 23.5 Å². The minimum Gasteiger partial charge on any atom is -0.303 e. The summed E-state index contributed by atoms with van der Waals surface area (Å²) in [7, 11) is 0. The normalized spacial score (nSPS) is 12.4. The van der Waals surface area contributed by atoms with E-state index >= 15 is 0 Å². The lowest BCUT2D eigenvalue weighted by Gasteiger charge is -2.30. The van der Waals surface area contributed by atoms with E-state index < -0.39 is 0 Å². The fraction of sp³-hybridized carbons (Fsp3) is 1.00. The molecule has 1 nitrogen and oxygen atoms in total. The minimum absolute atomic E-state index is 0.429. The lowest BCUT2D eigenvalue weighted by Crippen LogP contribution is -2.34. The van der Waals surface area contributed by atoms with E-state index in [0.717, 1.165) is 0 Å². The molecule has 0 aromatic rings. The largest absolute Gasteiger partial charge is 0.303 e. The number of hydrogen-bond donors (Lipinski definition) is 0. The van der Waals surface area contributed by atoms with Crippen LogP contribution in [-0.2, 0) is 0 Å². The van der Waals surface area contributed by atoms with E-state index in [1.165, 1.54) is 44.0 Å². The summed E-state index contributed by atoms with van der Waals surface area (Å²) in [5.41, 5.74) is 0.429. The monoisotopic (exact) mass is 263 g/mol. The van der Waals surface area contributed by atoms with Crippen LogP contribution in [0.3, 0.4) is 0 Å². The first-order valence-corrected chi connectivity index (χ1v) is 8.98. The quantitative estimate of drug-likeness (QED) is 0.582. The maximum Gasteiger partial charge on any atom is 0.00300 e. The number of rotatable bonds is 9. The highest BCUT2D eigenvalue weighted by Gasteiger charge is 2.15. The fourth-order valence-electron chi connectivity index (χ4n) is 1.81. The zero-order chi connectivity index (χ0) is 12.4. The van der Waals surface area contributed by atoms with Gasteiger partial charge in [-0.05, 0) is 55.4 Å². The van der Waals surface area contributed by atoms with Crippen molar-refractivity contribution in [1.29, 1.82) is 0 Å². The van der Waals surface area contributed by atoms with Gasteiger partial charge < -0.3 is 4.90 Å². The van der Waals surface area contributed by atoms with Crippen molar-refractivity contribution in [2.24, 2.45) is 5.41 Å². The van der Waals surface area contributed by atoms with Gasteiger partial charge in [0.15, 0.2) is 0 Å². The van der Waals surface area contributed by atoms with E-state index in [2.05, 4.69) is 38.2 Å². The van der Waals surface area contributed by atoms with Crippen LogP contribution in [0.4, 0.5) is 0 Å². The van der Waals surface area contributed by atoms with Gasteiger partial charge in [-0.1, -0.05) is 20.8 Å². The molecule has 0 fully saturated rings. The summed E-state index contributed by atoms with van der Waals surface area (Å²) in [6.07, 6.45) is 7.05. The van der Waals surface area contributed by atoms with Crippen LogP contribution in [0.2, 0.25) is 0 Å². The Labute approximate surface area is 111 Å². The van der Waals surface area contributed by atoms with Crippen molar-refractivity contribution in [2.75, 3.05) is 43.7 Å². The summed E-state index contributed by atoms with van der Waals surface area (Å²) in [5, 5.41) is 0. The molecule has 0 N–H and O–H groups in total. The first-order chi connectivity index (χ1) is 7.49. The van der Waals surface area contributed by atoms with Crippen LogP contribution in [0.15, 0.2) is 0 Å². The Bertz CT molecular complexity index is 145. The van der Waals surface area contributed by atoms with Crippen molar-refractivity contribution in [3.63, 3.8) is 0 Å². The van der Waals surface area contributed by atoms with E-state index in [9.17, 15) is 0 Å². The van der Waals surface area contributed by atoms with Crippen LogP contribution in [-0.4, -0.2) is 48.6 Å². The molecular weight excluding hydrogens is 234 g/mol. The minimum atomic E-state index is 0.429. The summed E-state index contributed by atoms with van der Waals surface area (Å²) in [6, 6.07) is 0. The molecule has 0 aromatic carbocycles. The molecule has 0 rings (SSSR count). The van der Waals surface area contributed by atoms with Crippen LogP contribution in [0.1, 0.15) is 33.6 Å². The van der Waals surface area contributed by atoms with Gasteiger partial charge in [0.2, 0.25) is 0 Å². The fourth-order valence-corrected chi connectivity index (χ4v) is 2.64. The molecule has 0 unspecified atom stereocenters. The van der Waals surface area contributed by atoms with Gasteiger partial charge in [0.1, 0.15) is 0 Å². The van der Waals surface area contributed by atoms with Crippen LogP contribution in [0, 0.1) is 5.41 Å². The summed E-state index contributed by atoms with van der Waals surface area (Å²) in [6.45, 7) is 10.8. The van der Waals surface area contributed by atoms with Gasteiger partial charge in [0, 0.05) is 6.54 Å². The number of hydrogen-bond acceptors (Lipinski definition) is 3. The molecule has 0 aliphatic carbocycles. The molecule has 0 heterocycles. The smallest absolute Gasteiger partial charge is 0.00300 e.